The fourth-order valence-corrected chi connectivity index (χ4v) is 4.40. The van der Waals surface area contributed by atoms with Gasteiger partial charge in [0.1, 0.15) is 0 Å². The monoisotopic (exact) mass is 582 g/mol. The Bertz CT molecular complexity index is 1370. The number of hydrazone groups is 1. The van der Waals surface area contributed by atoms with Crippen LogP contribution in [0.5, 0.6) is 17.2 Å². The maximum atomic E-state index is 12.5. The molecule has 0 saturated heterocycles. The number of benzene rings is 2. The second-order valence-electron chi connectivity index (χ2n) is 7.39. The molecule has 1 amide bonds. The zero-order valence-electron chi connectivity index (χ0n) is 20.2. The SMILES string of the molecule is COc1cc(/C=N/NC(=O)CSc2nnc(-c3ccncc3)n2-c2ccc(Br)cc2)cc(OC)c1OC. The third-order valence-electron chi connectivity index (χ3n) is 5.08. The number of halogens is 1. The first-order valence-electron chi connectivity index (χ1n) is 10.9. The lowest BCUT2D eigenvalue weighted by Crippen LogP contribution is -2.20. The van der Waals surface area contributed by atoms with Gasteiger partial charge in [0.05, 0.1) is 33.3 Å². The quantitative estimate of drug-likeness (QED) is 0.167. The van der Waals surface area contributed by atoms with Crippen LogP contribution in [0.1, 0.15) is 5.56 Å². The third-order valence-corrected chi connectivity index (χ3v) is 6.54. The Kier molecular flexibility index (Phi) is 8.75. The number of aromatic nitrogens is 4. The number of methoxy groups -OCH3 is 3. The zero-order chi connectivity index (χ0) is 26.2. The summed E-state index contributed by atoms with van der Waals surface area (Å²) in [6, 6.07) is 14.9. The molecule has 0 aliphatic heterocycles. The smallest absolute Gasteiger partial charge is 0.250 e. The molecule has 0 unspecified atom stereocenters. The number of ether oxygens (including phenoxy) is 3. The molecule has 0 aliphatic carbocycles. The summed E-state index contributed by atoms with van der Waals surface area (Å²) in [5.74, 6) is 1.88. The van der Waals surface area contributed by atoms with Crippen molar-refractivity contribution in [3.63, 3.8) is 0 Å². The number of thioether (sulfide) groups is 1. The van der Waals surface area contributed by atoms with Crippen LogP contribution >= 0.6 is 27.7 Å². The Morgan fingerprint density at radius 1 is 1.03 bits per heavy atom. The standard InChI is InChI=1S/C25H23BrN6O4S/c1-34-20-12-16(13-21(35-2)23(20)36-3)14-28-29-22(33)15-37-25-31-30-24(17-8-10-27-11-9-17)32(25)19-6-4-18(26)5-7-19/h4-14H,15H2,1-3H3,(H,29,33)/b28-14+. The molecule has 2 aromatic heterocycles. The van der Waals surface area contributed by atoms with Crippen LogP contribution in [0.2, 0.25) is 0 Å². The van der Waals surface area contributed by atoms with Gasteiger partial charge in [0.25, 0.3) is 5.91 Å². The van der Waals surface area contributed by atoms with Gasteiger partial charge in [0, 0.05) is 33.7 Å². The summed E-state index contributed by atoms with van der Waals surface area (Å²) >= 11 is 4.72. The molecule has 1 N–H and O–H groups in total. The predicted octanol–water partition coefficient (Wildman–Crippen LogP) is 4.36. The van der Waals surface area contributed by atoms with Crippen LogP contribution in [0.25, 0.3) is 17.1 Å². The summed E-state index contributed by atoms with van der Waals surface area (Å²) < 4.78 is 18.9. The number of carbonyl (C=O) groups is 1. The minimum atomic E-state index is -0.301. The van der Waals surface area contributed by atoms with Crippen LogP contribution in [-0.4, -0.2) is 59.0 Å². The normalized spacial score (nSPS) is 10.9. The molecule has 2 aromatic carbocycles. The Morgan fingerprint density at radius 3 is 2.32 bits per heavy atom. The van der Waals surface area contributed by atoms with E-state index in [1.165, 1.54) is 39.3 Å². The van der Waals surface area contributed by atoms with E-state index in [0.29, 0.717) is 33.8 Å². The molecule has 0 spiro atoms. The van der Waals surface area contributed by atoms with E-state index in [0.717, 1.165) is 15.7 Å². The van der Waals surface area contributed by atoms with Gasteiger partial charge in [-0.1, -0.05) is 27.7 Å². The first kappa shape index (κ1) is 26.2. The van der Waals surface area contributed by atoms with E-state index >= 15 is 0 Å². The molecule has 10 nitrogen and oxygen atoms in total. The largest absolute Gasteiger partial charge is 0.493 e. The van der Waals surface area contributed by atoms with Crippen molar-refractivity contribution in [2.45, 2.75) is 5.16 Å². The fourth-order valence-electron chi connectivity index (χ4n) is 3.39. The van der Waals surface area contributed by atoms with Crippen molar-refractivity contribution < 1.29 is 19.0 Å². The summed E-state index contributed by atoms with van der Waals surface area (Å²) in [5.41, 5.74) is 4.92. The number of hydrogen-bond donors (Lipinski definition) is 1. The molecule has 4 rings (SSSR count). The average molecular weight is 583 g/mol. The second kappa shape index (κ2) is 12.4. The lowest BCUT2D eigenvalue weighted by Gasteiger charge is -2.12. The van der Waals surface area contributed by atoms with Crippen molar-refractivity contribution in [1.29, 1.82) is 0 Å². The van der Waals surface area contributed by atoms with E-state index in [1.54, 1.807) is 24.5 Å². The van der Waals surface area contributed by atoms with Crippen LogP contribution < -0.4 is 19.6 Å². The van der Waals surface area contributed by atoms with Crippen molar-refractivity contribution in [3.05, 3.63) is 71.0 Å². The van der Waals surface area contributed by atoms with Gasteiger partial charge in [-0.15, -0.1) is 10.2 Å². The van der Waals surface area contributed by atoms with E-state index in [2.05, 4.69) is 41.6 Å². The number of nitrogens with zero attached hydrogens (tertiary/aromatic N) is 5. The van der Waals surface area contributed by atoms with E-state index in [9.17, 15) is 4.79 Å². The molecular weight excluding hydrogens is 560 g/mol. The molecule has 0 radical (unpaired) electrons. The Morgan fingerprint density at radius 2 is 1.70 bits per heavy atom. The highest BCUT2D eigenvalue weighted by Crippen LogP contribution is 2.37. The van der Waals surface area contributed by atoms with Crippen molar-refractivity contribution in [2.24, 2.45) is 5.10 Å². The van der Waals surface area contributed by atoms with Gasteiger partial charge >= 0.3 is 0 Å². The van der Waals surface area contributed by atoms with Crippen molar-refractivity contribution in [1.82, 2.24) is 25.2 Å². The Hall–Kier alpha value is -3.90. The molecule has 2 heterocycles. The minimum absolute atomic E-state index is 0.0810. The van der Waals surface area contributed by atoms with Crippen molar-refractivity contribution >= 4 is 39.8 Å². The van der Waals surface area contributed by atoms with Crippen LogP contribution in [0.15, 0.2) is 75.7 Å². The number of hydrogen-bond acceptors (Lipinski definition) is 9. The molecular formula is C25H23BrN6O4S. The Balaban J connectivity index is 1.48. The van der Waals surface area contributed by atoms with Gasteiger partial charge in [-0.25, -0.2) is 5.43 Å². The highest BCUT2D eigenvalue weighted by Gasteiger charge is 2.17. The van der Waals surface area contributed by atoms with Crippen molar-refractivity contribution in [2.75, 3.05) is 27.1 Å². The molecule has 0 aliphatic rings. The summed E-state index contributed by atoms with van der Waals surface area (Å²) in [7, 11) is 4.60. The molecule has 190 valence electrons. The third kappa shape index (κ3) is 6.27. The van der Waals surface area contributed by atoms with Gasteiger partial charge in [-0.05, 0) is 48.5 Å². The first-order chi connectivity index (χ1) is 18.0. The van der Waals surface area contributed by atoms with Gasteiger partial charge in [0.15, 0.2) is 22.5 Å². The second-order valence-corrected chi connectivity index (χ2v) is 9.25. The summed E-state index contributed by atoms with van der Waals surface area (Å²) in [6.45, 7) is 0. The lowest BCUT2D eigenvalue weighted by atomic mass is 10.2. The summed E-state index contributed by atoms with van der Waals surface area (Å²) in [4.78, 5) is 16.6. The van der Waals surface area contributed by atoms with Crippen LogP contribution in [0.3, 0.4) is 0 Å². The number of carbonyl (C=O) groups excluding carboxylic acids is 1. The van der Waals surface area contributed by atoms with Gasteiger partial charge < -0.3 is 14.2 Å². The van der Waals surface area contributed by atoms with E-state index in [1.807, 2.05) is 41.0 Å². The van der Waals surface area contributed by atoms with E-state index < -0.39 is 0 Å². The van der Waals surface area contributed by atoms with Crippen LogP contribution in [0, 0.1) is 0 Å². The lowest BCUT2D eigenvalue weighted by molar-refractivity contribution is -0.118. The first-order valence-corrected chi connectivity index (χ1v) is 12.7. The number of rotatable bonds is 10. The molecule has 0 bridgehead atoms. The van der Waals surface area contributed by atoms with E-state index in [4.69, 9.17) is 14.2 Å². The van der Waals surface area contributed by atoms with Gasteiger partial charge in [0.2, 0.25) is 5.75 Å². The highest BCUT2D eigenvalue weighted by molar-refractivity contribution is 9.10. The molecule has 37 heavy (non-hydrogen) atoms. The predicted molar refractivity (Wildman–Crippen MR) is 145 cm³/mol. The van der Waals surface area contributed by atoms with E-state index in [-0.39, 0.29) is 11.7 Å². The minimum Gasteiger partial charge on any atom is -0.493 e. The number of amides is 1. The number of pyridine rings is 1. The molecule has 0 fully saturated rings. The summed E-state index contributed by atoms with van der Waals surface area (Å²) in [6.07, 6.45) is 4.89. The molecule has 0 saturated carbocycles. The Labute approximate surface area is 226 Å². The van der Waals surface area contributed by atoms with Crippen molar-refractivity contribution in [3.8, 4) is 34.3 Å². The maximum Gasteiger partial charge on any atom is 0.250 e. The fraction of sp³-hybridized carbons (Fsp3) is 0.160. The van der Waals surface area contributed by atoms with Gasteiger partial charge in [-0.2, -0.15) is 5.10 Å². The number of nitrogens with one attached hydrogen (secondary N) is 1. The maximum absolute atomic E-state index is 12.5. The highest BCUT2D eigenvalue weighted by atomic mass is 79.9. The van der Waals surface area contributed by atoms with Crippen LogP contribution in [0.4, 0.5) is 0 Å². The topological polar surface area (TPSA) is 113 Å². The van der Waals surface area contributed by atoms with Crippen LogP contribution in [-0.2, 0) is 4.79 Å². The molecule has 0 atom stereocenters. The molecule has 4 aromatic rings. The molecule has 12 heteroatoms. The zero-order valence-corrected chi connectivity index (χ0v) is 22.6. The average Bonchev–Trinajstić information content (AvgIpc) is 3.36. The van der Waals surface area contributed by atoms with Gasteiger partial charge in [-0.3, -0.25) is 14.3 Å². The summed E-state index contributed by atoms with van der Waals surface area (Å²) in [5, 5.41) is 13.3.